The summed E-state index contributed by atoms with van der Waals surface area (Å²) >= 11 is 6.01. The van der Waals surface area contributed by atoms with Gasteiger partial charge in [-0.1, -0.05) is 18.5 Å². The van der Waals surface area contributed by atoms with Gasteiger partial charge in [0.2, 0.25) is 5.95 Å². The lowest BCUT2D eigenvalue weighted by molar-refractivity contribution is 0.628. The van der Waals surface area contributed by atoms with Crippen molar-refractivity contribution in [3.05, 3.63) is 40.8 Å². The Morgan fingerprint density at radius 2 is 2.06 bits per heavy atom. The zero-order valence-electron chi connectivity index (χ0n) is 9.24. The molecular weight excluding hydrogens is 241 g/mol. The molecule has 0 spiro atoms. The SMILES string of the molecule is CCc1cc(-c2cc(F)ccc2Cl)nc(N)n1. The van der Waals surface area contributed by atoms with Crippen molar-refractivity contribution in [3.8, 4) is 11.3 Å². The molecule has 1 aromatic heterocycles. The predicted molar refractivity (Wildman–Crippen MR) is 66.2 cm³/mol. The van der Waals surface area contributed by atoms with Gasteiger partial charge in [0.1, 0.15) is 5.82 Å². The zero-order valence-corrected chi connectivity index (χ0v) is 10.0. The summed E-state index contributed by atoms with van der Waals surface area (Å²) in [4.78, 5) is 8.13. The van der Waals surface area contributed by atoms with Crippen molar-refractivity contribution in [2.24, 2.45) is 0 Å². The number of nitrogens with zero attached hydrogens (tertiary/aromatic N) is 2. The van der Waals surface area contributed by atoms with Crippen LogP contribution in [0.15, 0.2) is 24.3 Å². The molecule has 0 aliphatic rings. The summed E-state index contributed by atoms with van der Waals surface area (Å²) in [5.41, 5.74) is 7.46. The molecular formula is C12H11ClFN3. The van der Waals surface area contributed by atoms with Crippen LogP contribution in [0.2, 0.25) is 5.02 Å². The van der Waals surface area contributed by atoms with E-state index in [1.807, 2.05) is 6.92 Å². The molecule has 17 heavy (non-hydrogen) atoms. The topological polar surface area (TPSA) is 51.8 Å². The van der Waals surface area contributed by atoms with Gasteiger partial charge in [-0.25, -0.2) is 14.4 Å². The van der Waals surface area contributed by atoms with Crippen LogP contribution in [0.1, 0.15) is 12.6 Å². The Balaban J connectivity index is 2.59. The molecule has 1 aromatic carbocycles. The van der Waals surface area contributed by atoms with Crippen molar-refractivity contribution >= 4 is 17.5 Å². The molecule has 3 nitrogen and oxygen atoms in total. The number of benzene rings is 1. The third kappa shape index (κ3) is 2.53. The second-order valence-corrected chi connectivity index (χ2v) is 3.99. The van der Waals surface area contributed by atoms with Gasteiger partial charge >= 0.3 is 0 Å². The van der Waals surface area contributed by atoms with E-state index >= 15 is 0 Å². The highest BCUT2D eigenvalue weighted by Crippen LogP contribution is 2.27. The molecule has 0 aliphatic heterocycles. The van der Waals surface area contributed by atoms with Crippen molar-refractivity contribution in [3.63, 3.8) is 0 Å². The molecule has 5 heteroatoms. The van der Waals surface area contributed by atoms with E-state index in [0.29, 0.717) is 16.3 Å². The lowest BCUT2D eigenvalue weighted by Gasteiger charge is -2.06. The second-order valence-electron chi connectivity index (χ2n) is 3.58. The fourth-order valence-corrected chi connectivity index (χ4v) is 1.75. The van der Waals surface area contributed by atoms with Gasteiger partial charge in [0, 0.05) is 11.3 Å². The van der Waals surface area contributed by atoms with E-state index in [4.69, 9.17) is 17.3 Å². The first-order valence-electron chi connectivity index (χ1n) is 5.19. The van der Waals surface area contributed by atoms with Crippen LogP contribution in [-0.4, -0.2) is 9.97 Å². The predicted octanol–water partition coefficient (Wildman–Crippen LogP) is 3.08. The summed E-state index contributed by atoms with van der Waals surface area (Å²) < 4.78 is 13.2. The maximum atomic E-state index is 13.2. The molecule has 2 aromatic rings. The highest BCUT2D eigenvalue weighted by atomic mass is 35.5. The van der Waals surface area contributed by atoms with Gasteiger partial charge in [-0.2, -0.15) is 0 Å². The van der Waals surface area contributed by atoms with E-state index in [-0.39, 0.29) is 11.8 Å². The van der Waals surface area contributed by atoms with Gasteiger partial charge in [-0.3, -0.25) is 0 Å². The Bertz CT molecular complexity index is 557. The van der Waals surface area contributed by atoms with Crippen LogP contribution in [0.4, 0.5) is 10.3 Å². The number of nitrogen functional groups attached to an aromatic ring is 1. The van der Waals surface area contributed by atoms with Crippen LogP contribution >= 0.6 is 11.6 Å². The number of nitrogens with two attached hydrogens (primary N) is 1. The summed E-state index contributed by atoms with van der Waals surface area (Å²) in [6.45, 7) is 1.96. The van der Waals surface area contributed by atoms with Crippen molar-refractivity contribution in [2.45, 2.75) is 13.3 Å². The molecule has 0 aliphatic carbocycles. The van der Waals surface area contributed by atoms with Crippen LogP contribution < -0.4 is 5.73 Å². The Morgan fingerprint density at radius 1 is 1.29 bits per heavy atom. The fourth-order valence-electron chi connectivity index (χ4n) is 1.53. The number of aryl methyl sites for hydroxylation is 1. The zero-order chi connectivity index (χ0) is 12.4. The van der Waals surface area contributed by atoms with E-state index in [1.165, 1.54) is 18.2 Å². The van der Waals surface area contributed by atoms with Crippen LogP contribution in [0.3, 0.4) is 0 Å². The third-order valence-corrected chi connectivity index (χ3v) is 2.69. The maximum Gasteiger partial charge on any atom is 0.220 e. The standard InChI is InChI=1S/C12H11ClFN3/c1-2-8-6-11(17-12(15)16-8)9-5-7(14)3-4-10(9)13/h3-6H,2H2,1H3,(H2,15,16,17). The summed E-state index contributed by atoms with van der Waals surface area (Å²) in [7, 11) is 0. The number of anilines is 1. The first kappa shape index (κ1) is 11.8. The van der Waals surface area contributed by atoms with Crippen LogP contribution in [0, 0.1) is 5.82 Å². The number of rotatable bonds is 2. The molecule has 0 bridgehead atoms. The van der Waals surface area contributed by atoms with Gasteiger partial charge in [-0.05, 0) is 30.7 Å². The van der Waals surface area contributed by atoms with Crippen molar-refractivity contribution in [1.82, 2.24) is 9.97 Å². The normalized spacial score (nSPS) is 10.5. The Hall–Kier alpha value is -1.68. The number of hydrogen-bond acceptors (Lipinski definition) is 3. The van der Waals surface area contributed by atoms with Gasteiger partial charge in [0.15, 0.2) is 0 Å². The minimum atomic E-state index is -0.361. The number of hydrogen-bond donors (Lipinski definition) is 1. The summed E-state index contributed by atoms with van der Waals surface area (Å²) in [6.07, 6.45) is 0.729. The summed E-state index contributed by atoms with van der Waals surface area (Å²) in [5.74, 6) is -0.195. The lowest BCUT2D eigenvalue weighted by atomic mass is 10.1. The fraction of sp³-hybridized carbons (Fsp3) is 0.167. The van der Waals surface area contributed by atoms with Crippen LogP contribution in [0.5, 0.6) is 0 Å². The molecule has 2 rings (SSSR count). The monoisotopic (exact) mass is 251 g/mol. The molecule has 0 atom stereocenters. The average molecular weight is 252 g/mol. The van der Waals surface area contributed by atoms with Crippen molar-refractivity contribution in [2.75, 3.05) is 5.73 Å². The molecule has 1 heterocycles. The van der Waals surface area contributed by atoms with Gasteiger partial charge < -0.3 is 5.73 Å². The van der Waals surface area contributed by atoms with Crippen molar-refractivity contribution in [1.29, 1.82) is 0 Å². The first-order chi connectivity index (χ1) is 8.10. The Kier molecular flexibility index (Phi) is 3.24. The largest absolute Gasteiger partial charge is 0.368 e. The minimum Gasteiger partial charge on any atom is -0.368 e. The molecule has 0 radical (unpaired) electrons. The number of halogens is 2. The minimum absolute atomic E-state index is 0.166. The molecule has 0 amide bonds. The molecule has 2 N–H and O–H groups in total. The van der Waals surface area contributed by atoms with Gasteiger partial charge in [-0.15, -0.1) is 0 Å². The molecule has 0 saturated carbocycles. The lowest BCUT2D eigenvalue weighted by Crippen LogP contribution is -2.00. The van der Waals surface area contributed by atoms with E-state index in [9.17, 15) is 4.39 Å². The first-order valence-corrected chi connectivity index (χ1v) is 5.57. The highest BCUT2D eigenvalue weighted by Gasteiger charge is 2.09. The average Bonchev–Trinajstić information content (AvgIpc) is 2.31. The highest BCUT2D eigenvalue weighted by molar-refractivity contribution is 6.33. The van der Waals surface area contributed by atoms with Gasteiger partial charge in [0.05, 0.1) is 10.7 Å². The summed E-state index contributed by atoms with van der Waals surface area (Å²) in [5, 5.41) is 0.437. The molecule has 88 valence electrons. The van der Waals surface area contributed by atoms with E-state index in [1.54, 1.807) is 6.07 Å². The smallest absolute Gasteiger partial charge is 0.220 e. The summed E-state index contributed by atoms with van der Waals surface area (Å²) in [6, 6.07) is 5.90. The van der Waals surface area contributed by atoms with Crippen LogP contribution in [-0.2, 0) is 6.42 Å². The Labute approximate surface area is 103 Å². The molecule has 0 unspecified atom stereocenters. The quantitative estimate of drug-likeness (QED) is 0.892. The molecule has 0 fully saturated rings. The van der Waals surface area contributed by atoms with Gasteiger partial charge in [0.25, 0.3) is 0 Å². The molecule has 0 saturated heterocycles. The van der Waals surface area contributed by atoms with E-state index in [2.05, 4.69) is 9.97 Å². The third-order valence-electron chi connectivity index (χ3n) is 2.36. The van der Waals surface area contributed by atoms with Crippen molar-refractivity contribution < 1.29 is 4.39 Å². The van der Waals surface area contributed by atoms with E-state index in [0.717, 1.165) is 12.1 Å². The second kappa shape index (κ2) is 4.67. The maximum absolute atomic E-state index is 13.2. The number of aromatic nitrogens is 2. The van der Waals surface area contributed by atoms with E-state index < -0.39 is 0 Å². The Morgan fingerprint density at radius 3 is 2.76 bits per heavy atom. The van der Waals surface area contributed by atoms with Crippen LogP contribution in [0.25, 0.3) is 11.3 Å².